The quantitative estimate of drug-likeness (QED) is 0.521. The minimum absolute atomic E-state index is 1.07. The molecule has 0 atom stereocenters. The molecule has 3 aromatic rings. The zero-order chi connectivity index (χ0) is 15.2. The van der Waals surface area contributed by atoms with Crippen LogP contribution in [0.15, 0.2) is 60.9 Å². The number of fused-ring (bicyclic) bond motifs is 4. The van der Waals surface area contributed by atoms with Gasteiger partial charge in [0.2, 0.25) is 0 Å². The van der Waals surface area contributed by atoms with Crippen molar-refractivity contribution in [3.63, 3.8) is 0 Å². The van der Waals surface area contributed by atoms with Crippen molar-refractivity contribution in [2.45, 2.75) is 19.3 Å². The fourth-order valence-electron chi connectivity index (χ4n) is 4.08. The Morgan fingerprint density at radius 2 is 1.52 bits per heavy atom. The van der Waals surface area contributed by atoms with E-state index in [0.717, 1.165) is 25.8 Å². The lowest BCUT2D eigenvalue weighted by atomic mass is 9.83. The molecule has 0 amide bonds. The van der Waals surface area contributed by atoms with E-state index in [1.54, 1.807) is 11.1 Å². The van der Waals surface area contributed by atoms with Crippen LogP contribution in [0.25, 0.3) is 0 Å². The lowest BCUT2D eigenvalue weighted by Gasteiger charge is -2.24. The lowest BCUT2D eigenvalue weighted by molar-refractivity contribution is 0.955. The highest BCUT2D eigenvalue weighted by Gasteiger charge is 2.26. The highest BCUT2D eigenvalue weighted by atomic mass is 15.2. The summed E-state index contributed by atoms with van der Waals surface area (Å²) in [6.45, 7) is 1.07. The molecule has 0 bridgehead atoms. The SMILES string of the molecule is c1ccc2c(c1)Cc1ccc3c(c1C2)CCN3c1ccncc1. The third-order valence-corrected chi connectivity index (χ3v) is 5.22. The average Bonchev–Trinajstić information content (AvgIpc) is 3.05. The third-order valence-electron chi connectivity index (χ3n) is 5.22. The Kier molecular flexibility index (Phi) is 2.77. The van der Waals surface area contributed by atoms with E-state index in [-0.39, 0.29) is 0 Å². The molecule has 2 aromatic carbocycles. The van der Waals surface area contributed by atoms with Crippen LogP contribution in [0, 0.1) is 0 Å². The van der Waals surface area contributed by atoms with Gasteiger partial charge in [0.15, 0.2) is 0 Å². The van der Waals surface area contributed by atoms with Gasteiger partial charge in [0.25, 0.3) is 0 Å². The molecule has 1 aliphatic heterocycles. The van der Waals surface area contributed by atoms with Gasteiger partial charge in [0, 0.05) is 30.3 Å². The number of nitrogens with zero attached hydrogens (tertiary/aromatic N) is 2. The molecule has 0 radical (unpaired) electrons. The molecule has 0 unspecified atom stereocenters. The summed E-state index contributed by atoms with van der Waals surface area (Å²) in [5, 5.41) is 0. The summed E-state index contributed by atoms with van der Waals surface area (Å²) in [5.74, 6) is 0. The maximum atomic E-state index is 4.14. The predicted octanol–water partition coefficient (Wildman–Crippen LogP) is 4.27. The zero-order valence-corrected chi connectivity index (χ0v) is 13.0. The van der Waals surface area contributed by atoms with E-state index in [2.05, 4.69) is 58.4 Å². The number of hydrogen-bond acceptors (Lipinski definition) is 2. The summed E-state index contributed by atoms with van der Waals surface area (Å²) in [6, 6.07) is 17.7. The van der Waals surface area contributed by atoms with Crippen molar-refractivity contribution < 1.29 is 0 Å². The van der Waals surface area contributed by atoms with Crippen molar-refractivity contribution in [1.29, 1.82) is 0 Å². The van der Waals surface area contributed by atoms with E-state index >= 15 is 0 Å². The lowest BCUT2D eigenvalue weighted by Crippen LogP contribution is -2.13. The van der Waals surface area contributed by atoms with Gasteiger partial charge in [0.05, 0.1) is 0 Å². The third kappa shape index (κ3) is 1.98. The molecule has 2 heterocycles. The largest absolute Gasteiger partial charge is 0.341 e. The van der Waals surface area contributed by atoms with Crippen LogP contribution in [0.5, 0.6) is 0 Å². The molecule has 1 aliphatic carbocycles. The second kappa shape index (κ2) is 4.95. The van der Waals surface area contributed by atoms with Crippen molar-refractivity contribution in [2.75, 3.05) is 11.4 Å². The van der Waals surface area contributed by atoms with Gasteiger partial charge in [-0.05, 0) is 65.3 Å². The van der Waals surface area contributed by atoms with Gasteiger partial charge in [-0.2, -0.15) is 0 Å². The molecule has 0 saturated heterocycles. The molecule has 1 aromatic heterocycles. The normalized spacial score (nSPS) is 15.0. The monoisotopic (exact) mass is 298 g/mol. The Bertz CT molecular complexity index is 884. The number of anilines is 2. The number of benzene rings is 2. The van der Waals surface area contributed by atoms with Gasteiger partial charge in [0.1, 0.15) is 0 Å². The van der Waals surface area contributed by atoms with E-state index < -0.39 is 0 Å². The summed E-state index contributed by atoms with van der Waals surface area (Å²) >= 11 is 0. The van der Waals surface area contributed by atoms with Crippen molar-refractivity contribution in [3.05, 3.63) is 88.7 Å². The number of rotatable bonds is 1. The summed E-state index contributed by atoms with van der Waals surface area (Å²) in [7, 11) is 0. The molecule has 0 spiro atoms. The molecule has 0 N–H and O–H groups in total. The molecule has 112 valence electrons. The summed E-state index contributed by atoms with van der Waals surface area (Å²) < 4.78 is 0. The van der Waals surface area contributed by atoms with Crippen LogP contribution in [0.2, 0.25) is 0 Å². The van der Waals surface area contributed by atoms with Crippen LogP contribution < -0.4 is 4.90 Å². The molecule has 23 heavy (non-hydrogen) atoms. The van der Waals surface area contributed by atoms with Gasteiger partial charge < -0.3 is 4.90 Å². The maximum Gasteiger partial charge on any atom is 0.0447 e. The van der Waals surface area contributed by atoms with Crippen LogP contribution in [0.3, 0.4) is 0 Å². The van der Waals surface area contributed by atoms with E-state index in [1.165, 1.54) is 28.1 Å². The first-order valence-electron chi connectivity index (χ1n) is 8.28. The smallest absolute Gasteiger partial charge is 0.0447 e. The number of pyridine rings is 1. The average molecular weight is 298 g/mol. The van der Waals surface area contributed by atoms with Crippen molar-refractivity contribution >= 4 is 11.4 Å². The van der Waals surface area contributed by atoms with Crippen LogP contribution >= 0.6 is 0 Å². The zero-order valence-electron chi connectivity index (χ0n) is 13.0. The van der Waals surface area contributed by atoms with Gasteiger partial charge in [-0.15, -0.1) is 0 Å². The second-order valence-electron chi connectivity index (χ2n) is 6.43. The molecule has 0 saturated carbocycles. The maximum absolute atomic E-state index is 4.14. The molecule has 0 fully saturated rings. The molecule has 2 heteroatoms. The standard InChI is InChI=1S/C21H18N2/c1-2-4-16-14-20-17(13-15(16)3-1)5-6-21-19(20)9-12-23(21)18-7-10-22-11-8-18/h1-8,10-11H,9,12-14H2. The van der Waals surface area contributed by atoms with E-state index in [9.17, 15) is 0 Å². The van der Waals surface area contributed by atoms with Crippen LogP contribution in [0.1, 0.15) is 27.8 Å². The highest BCUT2D eigenvalue weighted by molar-refractivity contribution is 5.72. The Balaban J connectivity index is 1.60. The molecule has 2 nitrogen and oxygen atoms in total. The first kappa shape index (κ1) is 12.9. The Morgan fingerprint density at radius 1 is 0.739 bits per heavy atom. The summed E-state index contributed by atoms with van der Waals surface area (Å²) in [5.41, 5.74) is 10.2. The Labute approximate surface area is 136 Å². The topological polar surface area (TPSA) is 16.1 Å². The summed E-state index contributed by atoms with van der Waals surface area (Å²) in [4.78, 5) is 6.57. The number of hydrogen-bond donors (Lipinski definition) is 0. The van der Waals surface area contributed by atoms with Gasteiger partial charge in [-0.25, -0.2) is 0 Å². The molecular weight excluding hydrogens is 280 g/mol. The van der Waals surface area contributed by atoms with E-state index in [1.807, 2.05) is 12.4 Å². The Hall–Kier alpha value is -2.61. The molecule has 5 rings (SSSR count). The minimum Gasteiger partial charge on any atom is -0.341 e. The second-order valence-corrected chi connectivity index (χ2v) is 6.43. The van der Waals surface area contributed by atoms with Crippen LogP contribution in [-0.4, -0.2) is 11.5 Å². The first-order chi connectivity index (χ1) is 11.4. The predicted molar refractivity (Wildman–Crippen MR) is 93.4 cm³/mol. The minimum atomic E-state index is 1.07. The van der Waals surface area contributed by atoms with E-state index in [4.69, 9.17) is 0 Å². The van der Waals surface area contributed by atoms with Gasteiger partial charge in [-0.1, -0.05) is 30.3 Å². The fourth-order valence-corrected chi connectivity index (χ4v) is 4.08. The molecular formula is C21H18N2. The fraction of sp³-hybridized carbons (Fsp3) is 0.190. The van der Waals surface area contributed by atoms with E-state index in [0.29, 0.717) is 0 Å². The number of aromatic nitrogens is 1. The van der Waals surface area contributed by atoms with Crippen molar-refractivity contribution in [2.24, 2.45) is 0 Å². The van der Waals surface area contributed by atoms with Crippen molar-refractivity contribution in [3.8, 4) is 0 Å². The Morgan fingerprint density at radius 3 is 2.35 bits per heavy atom. The van der Waals surface area contributed by atoms with Crippen molar-refractivity contribution in [1.82, 2.24) is 4.98 Å². The summed E-state index contributed by atoms with van der Waals surface area (Å²) in [6.07, 6.45) is 7.06. The van der Waals surface area contributed by atoms with Crippen LogP contribution in [0.4, 0.5) is 11.4 Å². The van der Waals surface area contributed by atoms with Gasteiger partial charge in [-0.3, -0.25) is 4.98 Å². The molecule has 2 aliphatic rings. The first-order valence-corrected chi connectivity index (χ1v) is 8.28. The van der Waals surface area contributed by atoms with Crippen LogP contribution in [-0.2, 0) is 19.3 Å². The van der Waals surface area contributed by atoms with Gasteiger partial charge >= 0.3 is 0 Å². The highest BCUT2D eigenvalue weighted by Crippen LogP contribution is 2.40.